The fourth-order valence-corrected chi connectivity index (χ4v) is 2.21. The standard InChI is InChI=1S/C18H28O3/c1-7-8-9-20-18-16(12(2)3)10-15(21-14(6)19)11-17(18)13(4)5/h10-13H,7-9H2,1-6H3. The van der Waals surface area contributed by atoms with Crippen LogP contribution in [0.25, 0.3) is 0 Å². The molecule has 0 aromatic heterocycles. The molecule has 1 aromatic rings. The van der Waals surface area contributed by atoms with Crippen LogP contribution in [-0.2, 0) is 4.79 Å². The Bertz CT molecular complexity index is 446. The summed E-state index contributed by atoms with van der Waals surface area (Å²) >= 11 is 0. The summed E-state index contributed by atoms with van der Waals surface area (Å²) in [4.78, 5) is 11.2. The summed E-state index contributed by atoms with van der Waals surface area (Å²) in [5, 5.41) is 0. The number of ether oxygens (including phenoxy) is 2. The second-order valence-electron chi connectivity index (χ2n) is 6.04. The molecule has 3 nitrogen and oxygen atoms in total. The molecule has 3 heteroatoms. The molecule has 0 amide bonds. The van der Waals surface area contributed by atoms with E-state index in [4.69, 9.17) is 9.47 Å². The normalized spacial score (nSPS) is 11.0. The first-order chi connectivity index (χ1) is 9.86. The van der Waals surface area contributed by atoms with Gasteiger partial charge in [0.1, 0.15) is 11.5 Å². The molecule has 0 spiro atoms. The maximum Gasteiger partial charge on any atom is 0.308 e. The van der Waals surface area contributed by atoms with Crippen LogP contribution in [-0.4, -0.2) is 12.6 Å². The quantitative estimate of drug-likeness (QED) is 0.401. The highest BCUT2D eigenvalue weighted by atomic mass is 16.5. The Morgan fingerprint density at radius 1 is 1.10 bits per heavy atom. The van der Waals surface area contributed by atoms with Gasteiger partial charge in [-0.3, -0.25) is 4.79 Å². The van der Waals surface area contributed by atoms with Crippen molar-refractivity contribution in [1.82, 2.24) is 0 Å². The van der Waals surface area contributed by atoms with E-state index in [1.54, 1.807) is 0 Å². The molecule has 0 fully saturated rings. The first-order valence-electron chi connectivity index (χ1n) is 7.85. The molecule has 0 radical (unpaired) electrons. The van der Waals surface area contributed by atoms with E-state index in [9.17, 15) is 4.79 Å². The lowest BCUT2D eigenvalue weighted by atomic mass is 9.93. The lowest BCUT2D eigenvalue weighted by Gasteiger charge is -2.21. The number of rotatable bonds is 7. The summed E-state index contributed by atoms with van der Waals surface area (Å²) in [5.41, 5.74) is 2.21. The minimum absolute atomic E-state index is 0.293. The summed E-state index contributed by atoms with van der Waals surface area (Å²) < 4.78 is 11.3. The predicted octanol–water partition coefficient (Wildman–Crippen LogP) is 5.04. The van der Waals surface area contributed by atoms with Gasteiger partial charge in [0.25, 0.3) is 0 Å². The van der Waals surface area contributed by atoms with Gasteiger partial charge in [0.05, 0.1) is 6.61 Å². The van der Waals surface area contributed by atoms with Crippen LogP contribution in [0.15, 0.2) is 12.1 Å². The Labute approximate surface area is 128 Å². The number of unbranched alkanes of at least 4 members (excludes halogenated alkanes) is 1. The van der Waals surface area contributed by atoms with Gasteiger partial charge in [0.2, 0.25) is 0 Å². The number of hydrogen-bond donors (Lipinski definition) is 0. The van der Waals surface area contributed by atoms with Crippen molar-refractivity contribution in [1.29, 1.82) is 0 Å². The Morgan fingerprint density at radius 2 is 1.62 bits per heavy atom. The van der Waals surface area contributed by atoms with Gasteiger partial charge in [0, 0.05) is 18.1 Å². The molecular formula is C18H28O3. The highest BCUT2D eigenvalue weighted by Crippen LogP contribution is 2.38. The Kier molecular flexibility index (Phi) is 6.73. The third-order valence-electron chi connectivity index (χ3n) is 3.37. The van der Waals surface area contributed by atoms with E-state index in [0.717, 1.165) is 36.3 Å². The van der Waals surface area contributed by atoms with Gasteiger partial charge >= 0.3 is 5.97 Å². The largest absolute Gasteiger partial charge is 0.493 e. The summed E-state index contributed by atoms with van der Waals surface area (Å²) in [5.74, 6) is 1.91. The van der Waals surface area contributed by atoms with Crippen LogP contribution in [0.3, 0.4) is 0 Å². The fraction of sp³-hybridized carbons (Fsp3) is 0.611. The lowest BCUT2D eigenvalue weighted by Crippen LogP contribution is -2.08. The molecule has 1 aromatic carbocycles. The van der Waals surface area contributed by atoms with E-state index in [1.807, 2.05) is 12.1 Å². The SMILES string of the molecule is CCCCOc1c(C(C)C)cc(OC(C)=O)cc1C(C)C. The number of carbonyl (C=O) groups excluding carboxylic acids is 1. The van der Waals surface area contributed by atoms with Crippen molar-refractivity contribution in [2.24, 2.45) is 0 Å². The molecule has 1 rings (SSSR count). The first kappa shape index (κ1) is 17.5. The topological polar surface area (TPSA) is 35.5 Å². The van der Waals surface area contributed by atoms with Gasteiger partial charge in [-0.1, -0.05) is 41.0 Å². The highest BCUT2D eigenvalue weighted by Gasteiger charge is 2.18. The summed E-state index contributed by atoms with van der Waals surface area (Å²) in [6, 6.07) is 3.86. The Hall–Kier alpha value is -1.51. The average Bonchev–Trinajstić information content (AvgIpc) is 2.38. The van der Waals surface area contributed by atoms with Crippen molar-refractivity contribution < 1.29 is 14.3 Å². The number of esters is 1. The van der Waals surface area contributed by atoms with Crippen LogP contribution in [0.5, 0.6) is 11.5 Å². The van der Waals surface area contributed by atoms with Gasteiger partial charge in [-0.05, 0) is 30.4 Å². The molecule has 118 valence electrons. The minimum Gasteiger partial charge on any atom is -0.493 e. The molecular weight excluding hydrogens is 264 g/mol. The number of carbonyl (C=O) groups is 1. The van der Waals surface area contributed by atoms with Crippen molar-refractivity contribution in [2.75, 3.05) is 6.61 Å². The van der Waals surface area contributed by atoms with E-state index in [1.165, 1.54) is 6.92 Å². The molecule has 0 N–H and O–H groups in total. The molecule has 0 bridgehead atoms. The van der Waals surface area contributed by atoms with Crippen molar-refractivity contribution in [2.45, 2.75) is 66.2 Å². The zero-order valence-electron chi connectivity index (χ0n) is 14.2. The first-order valence-corrected chi connectivity index (χ1v) is 7.85. The zero-order valence-corrected chi connectivity index (χ0v) is 14.2. The Balaban J connectivity index is 3.25. The van der Waals surface area contributed by atoms with E-state index in [2.05, 4.69) is 34.6 Å². The second-order valence-corrected chi connectivity index (χ2v) is 6.04. The fourth-order valence-electron chi connectivity index (χ4n) is 2.21. The van der Waals surface area contributed by atoms with E-state index in [0.29, 0.717) is 17.6 Å². The van der Waals surface area contributed by atoms with Crippen LogP contribution >= 0.6 is 0 Å². The van der Waals surface area contributed by atoms with Crippen LogP contribution in [0.1, 0.15) is 77.3 Å². The van der Waals surface area contributed by atoms with Crippen molar-refractivity contribution >= 4 is 5.97 Å². The van der Waals surface area contributed by atoms with Crippen LogP contribution < -0.4 is 9.47 Å². The second kappa shape index (κ2) is 8.06. The molecule has 0 atom stereocenters. The smallest absolute Gasteiger partial charge is 0.308 e. The molecule has 0 aliphatic rings. The van der Waals surface area contributed by atoms with E-state index >= 15 is 0 Å². The zero-order chi connectivity index (χ0) is 16.0. The van der Waals surface area contributed by atoms with E-state index < -0.39 is 0 Å². The molecule has 21 heavy (non-hydrogen) atoms. The van der Waals surface area contributed by atoms with Crippen molar-refractivity contribution in [3.63, 3.8) is 0 Å². The number of hydrogen-bond acceptors (Lipinski definition) is 3. The van der Waals surface area contributed by atoms with Gasteiger partial charge < -0.3 is 9.47 Å². The van der Waals surface area contributed by atoms with Gasteiger partial charge in [-0.2, -0.15) is 0 Å². The van der Waals surface area contributed by atoms with Crippen LogP contribution in [0.2, 0.25) is 0 Å². The van der Waals surface area contributed by atoms with Crippen LogP contribution in [0, 0.1) is 0 Å². The van der Waals surface area contributed by atoms with Crippen LogP contribution in [0.4, 0.5) is 0 Å². The summed E-state index contributed by atoms with van der Waals surface area (Å²) in [6.45, 7) is 12.8. The van der Waals surface area contributed by atoms with Gasteiger partial charge in [-0.25, -0.2) is 0 Å². The highest BCUT2D eigenvalue weighted by molar-refractivity contribution is 5.70. The van der Waals surface area contributed by atoms with Crippen molar-refractivity contribution in [3.05, 3.63) is 23.3 Å². The average molecular weight is 292 g/mol. The third-order valence-corrected chi connectivity index (χ3v) is 3.37. The molecule has 0 unspecified atom stereocenters. The van der Waals surface area contributed by atoms with Gasteiger partial charge in [-0.15, -0.1) is 0 Å². The maximum absolute atomic E-state index is 11.2. The Morgan fingerprint density at radius 3 is 2.00 bits per heavy atom. The summed E-state index contributed by atoms with van der Waals surface area (Å²) in [7, 11) is 0. The van der Waals surface area contributed by atoms with Gasteiger partial charge in [0.15, 0.2) is 0 Å². The molecule has 0 saturated carbocycles. The third kappa shape index (κ3) is 5.07. The maximum atomic E-state index is 11.2. The molecule has 0 aliphatic carbocycles. The predicted molar refractivity (Wildman–Crippen MR) is 86.3 cm³/mol. The lowest BCUT2D eigenvalue weighted by molar-refractivity contribution is -0.131. The summed E-state index contributed by atoms with van der Waals surface area (Å²) in [6.07, 6.45) is 2.15. The van der Waals surface area contributed by atoms with E-state index in [-0.39, 0.29) is 5.97 Å². The molecule has 0 saturated heterocycles. The molecule has 0 aliphatic heterocycles. The monoisotopic (exact) mass is 292 g/mol. The minimum atomic E-state index is -0.293. The number of benzene rings is 1. The van der Waals surface area contributed by atoms with Crippen molar-refractivity contribution in [3.8, 4) is 11.5 Å². The molecule has 0 heterocycles.